The van der Waals surface area contributed by atoms with E-state index in [1.165, 1.54) is 11.1 Å². The van der Waals surface area contributed by atoms with Gasteiger partial charge in [0.15, 0.2) is 0 Å². The van der Waals surface area contributed by atoms with Crippen LogP contribution in [0.4, 0.5) is 5.69 Å². The van der Waals surface area contributed by atoms with Crippen molar-refractivity contribution in [2.45, 2.75) is 31.8 Å². The number of rotatable bonds is 5. The van der Waals surface area contributed by atoms with Gasteiger partial charge in [-0.15, -0.1) is 0 Å². The summed E-state index contributed by atoms with van der Waals surface area (Å²) in [5, 5.41) is 4.14. The summed E-state index contributed by atoms with van der Waals surface area (Å²) in [6.45, 7) is 0.625. The van der Waals surface area contributed by atoms with Gasteiger partial charge in [-0.3, -0.25) is 4.79 Å². The third kappa shape index (κ3) is 3.22. The number of aromatic nitrogens is 2. The van der Waals surface area contributed by atoms with Crippen molar-refractivity contribution in [2.24, 2.45) is 0 Å². The molecule has 0 spiro atoms. The fourth-order valence-electron chi connectivity index (χ4n) is 3.86. The van der Waals surface area contributed by atoms with Gasteiger partial charge in [0.1, 0.15) is 5.65 Å². The van der Waals surface area contributed by atoms with E-state index in [9.17, 15) is 4.79 Å². The van der Waals surface area contributed by atoms with Gasteiger partial charge in [-0.05, 0) is 68.4 Å². The maximum Gasteiger partial charge on any atom is 0.226 e. The maximum atomic E-state index is 12.4. The summed E-state index contributed by atoms with van der Waals surface area (Å²) in [6.07, 6.45) is 6.42. The Labute approximate surface area is 153 Å². The zero-order valence-electron chi connectivity index (χ0n) is 15.3. The minimum Gasteiger partial charge on any atom is -0.332 e. The van der Waals surface area contributed by atoms with Crippen LogP contribution in [0.15, 0.2) is 48.8 Å². The summed E-state index contributed by atoms with van der Waals surface area (Å²) in [5.41, 5.74) is 4.55. The number of benzene rings is 1. The van der Waals surface area contributed by atoms with E-state index in [4.69, 9.17) is 0 Å². The number of pyridine rings is 1. The van der Waals surface area contributed by atoms with Crippen LogP contribution in [0, 0.1) is 0 Å². The highest BCUT2D eigenvalue weighted by Crippen LogP contribution is 2.35. The average Bonchev–Trinajstić information content (AvgIpc) is 3.23. The van der Waals surface area contributed by atoms with Crippen molar-refractivity contribution >= 4 is 22.6 Å². The fraction of sp³-hybridized carbons (Fsp3) is 0.333. The Morgan fingerprint density at radius 3 is 3.04 bits per heavy atom. The molecule has 2 aromatic heterocycles. The highest BCUT2D eigenvalue weighted by molar-refractivity contribution is 5.91. The van der Waals surface area contributed by atoms with Crippen LogP contribution in [-0.2, 0) is 17.8 Å². The predicted octanol–water partition coefficient (Wildman–Crippen LogP) is 3.61. The number of hydrogen-bond acceptors (Lipinski definition) is 3. The van der Waals surface area contributed by atoms with Gasteiger partial charge in [0, 0.05) is 42.5 Å². The number of carbonyl (C=O) groups excluding carboxylic acids is 1. The fourth-order valence-corrected chi connectivity index (χ4v) is 3.86. The van der Waals surface area contributed by atoms with E-state index in [1.807, 2.05) is 35.0 Å². The number of nitrogens with zero attached hydrogens (tertiary/aromatic N) is 3. The zero-order chi connectivity index (χ0) is 18.1. The van der Waals surface area contributed by atoms with Crippen molar-refractivity contribution in [3.63, 3.8) is 0 Å². The van der Waals surface area contributed by atoms with E-state index < -0.39 is 0 Å². The van der Waals surface area contributed by atoms with Crippen LogP contribution in [0.3, 0.4) is 0 Å². The first-order valence-corrected chi connectivity index (χ1v) is 9.11. The second kappa shape index (κ2) is 6.92. The smallest absolute Gasteiger partial charge is 0.226 e. The van der Waals surface area contributed by atoms with Crippen LogP contribution in [0.1, 0.15) is 30.0 Å². The quantitative estimate of drug-likeness (QED) is 0.766. The Kier molecular flexibility index (Phi) is 4.47. The Morgan fingerprint density at radius 1 is 1.31 bits per heavy atom. The molecule has 5 nitrogen and oxygen atoms in total. The van der Waals surface area contributed by atoms with Crippen molar-refractivity contribution in [1.29, 1.82) is 0 Å². The molecule has 1 aromatic carbocycles. The minimum atomic E-state index is 0.0323. The lowest BCUT2D eigenvalue weighted by Gasteiger charge is -2.20. The number of fused-ring (bicyclic) bond motifs is 2. The molecular formula is C21H24N4O. The van der Waals surface area contributed by atoms with Gasteiger partial charge in [-0.25, -0.2) is 4.98 Å². The SMILES string of the molecule is CN(C)C1CCc2cc(NC(=O)CCn3ccc4cccnc43)ccc21. The number of amides is 1. The van der Waals surface area contributed by atoms with E-state index in [2.05, 4.69) is 41.4 Å². The molecule has 4 rings (SSSR count). The molecule has 2 heterocycles. The summed E-state index contributed by atoms with van der Waals surface area (Å²) in [7, 11) is 4.24. The molecule has 1 unspecified atom stereocenters. The third-order valence-corrected chi connectivity index (χ3v) is 5.20. The van der Waals surface area contributed by atoms with Crippen LogP contribution in [0.2, 0.25) is 0 Å². The lowest BCUT2D eigenvalue weighted by Crippen LogP contribution is -2.17. The zero-order valence-corrected chi connectivity index (χ0v) is 15.3. The summed E-state index contributed by atoms with van der Waals surface area (Å²) in [5.74, 6) is 0.0323. The standard InChI is InChI=1S/C21H24N4O/c1-24(2)19-8-5-16-14-17(6-7-18(16)19)23-20(26)10-13-25-12-9-15-4-3-11-22-21(15)25/h3-4,6-7,9,11-12,14,19H,5,8,10,13H2,1-2H3,(H,23,26). The molecule has 0 radical (unpaired) electrons. The van der Waals surface area contributed by atoms with E-state index in [-0.39, 0.29) is 5.91 Å². The Hall–Kier alpha value is -2.66. The molecule has 3 aromatic rings. The first kappa shape index (κ1) is 16.8. The Balaban J connectivity index is 1.40. The Bertz CT molecular complexity index is 944. The summed E-state index contributed by atoms with van der Waals surface area (Å²) in [4.78, 5) is 19.0. The van der Waals surface area contributed by atoms with E-state index in [0.29, 0.717) is 19.0 Å². The van der Waals surface area contributed by atoms with Gasteiger partial charge >= 0.3 is 0 Å². The molecule has 5 heteroatoms. The second-order valence-corrected chi connectivity index (χ2v) is 7.16. The molecular weight excluding hydrogens is 324 g/mol. The first-order chi connectivity index (χ1) is 12.6. The summed E-state index contributed by atoms with van der Waals surface area (Å²) >= 11 is 0. The van der Waals surface area contributed by atoms with Crippen molar-refractivity contribution in [1.82, 2.24) is 14.5 Å². The molecule has 26 heavy (non-hydrogen) atoms. The molecule has 1 atom stereocenters. The topological polar surface area (TPSA) is 50.2 Å². The summed E-state index contributed by atoms with van der Waals surface area (Å²) < 4.78 is 2.03. The number of hydrogen-bond donors (Lipinski definition) is 1. The number of nitrogens with one attached hydrogen (secondary N) is 1. The molecule has 1 amide bonds. The highest BCUT2D eigenvalue weighted by atomic mass is 16.1. The minimum absolute atomic E-state index is 0.0323. The lowest BCUT2D eigenvalue weighted by molar-refractivity contribution is -0.116. The molecule has 0 saturated carbocycles. The molecule has 1 aliphatic rings. The van der Waals surface area contributed by atoms with Crippen molar-refractivity contribution < 1.29 is 4.79 Å². The van der Waals surface area contributed by atoms with Crippen LogP contribution in [-0.4, -0.2) is 34.5 Å². The molecule has 1 aliphatic carbocycles. The van der Waals surface area contributed by atoms with E-state index in [1.54, 1.807) is 6.20 Å². The van der Waals surface area contributed by atoms with E-state index >= 15 is 0 Å². The van der Waals surface area contributed by atoms with Crippen LogP contribution in [0.25, 0.3) is 11.0 Å². The van der Waals surface area contributed by atoms with Crippen LogP contribution < -0.4 is 5.32 Å². The molecule has 0 saturated heterocycles. The van der Waals surface area contributed by atoms with Gasteiger partial charge in [-0.2, -0.15) is 0 Å². The average molecular weight is 348 g/mol. The second-order valence-electron chi connectivity index (χ2n) is 7.16. The molecule has 0 bridgehead atoms. The molecule has 134 valence electrons. The molecule has 1 N–H and O–H groups in total. The monoisotopic (exact) mass is 348 g/mol. The molecule has 0 fully saturated rings. The third-order valence-electron chi connectivity index (χ3n) is 5.20. The van der Waals surface area contributed by atoms with Crippen LogP contribution >= 0.6 is 0 Å². The number of aryl methyl sites for hydroxylation is 2. The van der Waals surface area contributed by atoms with Gasteiger partial charge < -0.3 is 14.8 Å². The normalized spacial score (nSPS) is 16.2. The Morgan fingerprint density at radius 2 is 2.19 bits per heavy atom. The van der Waals surface area contributed by atoms with Crippen molar-refractivity contribution in [3.05, 3.63) is 59.9 Å². The van der Waals surface area contributed by atoms with Crippen LogP contribution in [0.5, 0.6) is 0 Å². The largest absolute Gasteiger partial charge is 0.332 e. The van der Waals surface area contributed by atoms with Gasteiger partial charge in [-0.1, -0.05) is 6.07 Å². The van der Waals surface area contributed by atoms with E-state index in [0.717, 1.165) is 29.6 Å². The van der Waals surface area contributed by atoms with Gasteiger partial charge in [0.25, 0.3) is 0 Å². The first-order valence-electron chi connectivity index (χ1n) is 9.11. The summed E-state index contributed by atoms with van der Waals surface area (Å²) in [6, 6.07) is 12.8. The van der Waals surface area contributed by atoms with Gasteiger partial charge in [0.2, 0.25) is 5.91 Å². The van der Waals surface area contributed by atoms with Gasteiger partial charge in [0.05, 0.1) is 0 Å². The number of anilines is 1. The lowest BCUT2D eigenvalue weighted by atomic mass is 10.1. The number of carbonyl (C=O) groups is 1. The molecule has 0 aliphatic heterocycles. The van der Waals surface area contributed by atoms with Crippen molar-refractivity contribution in [3.8, 4) is 0 Å². The van der Waals surface area contributed by atoms with Crippen molar-refractivity contribution in [2.75, 3.05) is 19.4 Å². The maximum absolute atomic E-state index is 12.4. The highest BCUT2D eigenvalue weighted by Gasteiger charge is 2.24. The predicted molar refractivity (Wildman–Crippen MR) is 104 cm³/mol.